The largest absolute Gasteiger partial charge is 0.375 e. The van der Waals surface area contributed by atoms with Crippen molar-refractivity contribution in [3.63, 3.8) is 0 Å². The minimum atomic E-state index is -1.90. The van der Waals surface area contributed by atoms with Crippen LogP contribution in [0.3, 0.4) is 0 Å². The molecule has 0 fully saturated rings. The van der Waals surface area contributed by atoms with Crippen molar-refractivity contribution in [1.29, 1.82) is 0 Å². The van der Waals surface area contributed by atoms with Gasteiger partial charge in [-0.25, -0.2) is 0 Å². The molecule has 0 radical (unpaired) electrons. The molecule has 0 unspecified atom stereocenters. The number of rotatable bonds is 3. The van der Waals surface area contributed by atoms with E-state index in [0.29, 0.717) is 21.8 Å². The topological polar surface area (TPSA) is 66.4 Å². The molecule has 1 aliphatic rings. The van der Waals surface area contributed by atoms with Crippen molar-refractivity contribution in [2.75, 3.05) is 5.32 Å². The van der Waals surface area contributed by atoms with Crippen LogP contribution in [0.2, 0.25) is 5.02 Å². The normalized spacial score (nSPS) is 19.4. The molecule has 2 aromatic rings. The number of carbonyl (C=O) groups excluding carboxylic acids is 2. The van der Waals surface area contributed by atoms with Crippen LogP contribution in [0.4, 0.5) is 5.69 Å². The smallest absolute Gasteiger partial charge is 0.261 e. The highest BCUT2D eigenvalue weighted by Crippen LogP contribution is 2.42. The number of halogens is 1. The number of hydrogen-bond donors (Lipinski definition) is 2. The first kappa shape index (κ1) is 15.7. The molecule has 1 amide bonds. The van der Waals surface area contributed by atoms with Crippen molar-refractivity contribution >= 4 is 29.0 Å². The minimum absolute atomic E-state index is 0.298. The lowest BCUT2D eigenvalue weighted by atomic mass is 9.87. The Balaban J connectivity index is 1.98. The molecule has 118 valence electrons. The molecular weight excluding hydrogens is 314 g/mol. The van der Waals surface area contributed by atoms with Crippen molar-refractivity contribution in [3.05, 3.63) is 63.7 Å². The van der Waals surface area contributed by atoms with Gasteiger partial charge >= 0.3 is 0 Å². The summed E-state index contributed by atoms with van der Waals surface area (Å²) in [6, 6.07) is 10.3. The summed E-state index contributed by atoms with van der Waals surface area (Å²) >= 11 is 6.04. The Morgan fingerprint density at radius 2 is 1.87 bits per heavy atom. The molecule has 0 aliphatic carbocycles. The number of anilines is 1. The summed E-state index contributed by atoms with van der Waals surface area (Å²) in [7, 11) is 0. The van der Waals surface area contributed by atoms with Gasteiger partial charge in [-0.15, -0.1) is 0 Å². The van der Waals surface area contributed by atoms with E-state index >= 15 is 0 Å². The first-order valence-corrected chi connectivity index (χ1v) is 7.63. The number of fused-ring (bicyclic) bond motifs is 1. The summed E-state index contributed by atoms with van der Waals surface area (Å²) in [5.41, 5.74) is 1.23. The van der Waals surface area contributed by atoms with Gasteiger partial charge in [-0.1, -0.05) is 41.4 Å². The number of aliphatic hydroxyl groups is 1. The van der Waals surface area contributed by atoms with E-state index in [1.54, 1.807) is 25.1 Å². The van der Waals surface area contributed by atoms with Crippen LogP contribution in [0.15, 0.2) is 36.4 Å². The van der Waals surface area contributed by atoms with Crippen LogP contribution >= 0.6 is 11.6 Å². The average Bonchev–Trinajstić information content (AvgIpc) is 2.73. The second-order valence-electron chi connectivity index (χ2n) is 5.93. The number of ketones is 1. The molecular formula is C18H16ClNO3. The second-order valence-corrected chi connectivity index (χ2v) is 6.36. The fraction of sp³-hybridized carbons (Fsp3) is 0.222. The Labute approximate surface area is 139 Å². The molecule has 3 rings (SSSR count). The lowest BCUT2D eigenvalue weighted by Crippen LogP contribution is -2.36. The maximum Gasteiger partial charge on any atom is 0.261 e. The number of Topliss-reactive ketones (excluding diaryl/α,β-unsaturated/α-hetero) is 1. The van der Waals surface area contributed by atoms with Gasteiger partial charge in [0.1, 0.15) is 0 Å². The van der Waals surface area contributed by atoms with Crippen LogP contribution < -0.4 is 5.32 Å². The molecule has 1 aliphatic heterocycles. The Morgan fingerprint density at radius 3 is 2.52 bits per heavy atom. The molecule has 5 heteroatoms. The van der Waals surface area contributed by atoms with Crippen LogP contribution in [0.25, 0.3) is 0 Å². The Kier molecular flexibility index (Phi) is 3.74. The minimum Gasteiger partial charge on any atom is -0.375 e. The third kappa shape index (κ3) is 2.64. The number of carbonyl (C=O) groups is 2. The lowest BCUT2D eigenvalue weighted by Gasteiger charge is -2.20. The third-order valence-electron chi connectivity index (χ3n) is 4.15. The standard InChI is InChI=1S/C18H16ClNO3/c1-10-3-5-12(6-4-10)15(21)9-18(23)14-8-13(19)7-11(2)16(14)20-17(18)22/h3-8,23H,9H2,1-2H3,(H,20,22)/t18-/m1/s1. The van der Waals surface area contributed by atoms with Gasteiger partial charge in [0.2, 0.25) is 0 Å². The van der Waals surface area contributed by atoms with Crippen LogP contribution in [-0.4, -0.2) is 16.8 Å². The average molecular weight is 330 g/mol. The first-order valence-electron chi connectivity index (χ1n) is 7.25. The first-order chi connectivity index (χ1) is 10.8. The van der Waals surface area contributed by atoms with Gasteiger partial charge in [0, 0.05) is 16.1 Å². The summed E-state index contributed by atoms with van der Waals surface area (Å²) in [6.45, 7) is 3.71. The molecule has 4 nitrogen and oxygen atoms in total. The zero-order valence-electron chi connectivity index (χ0n) is 12.8. The second kappa shape index (κ2) is 5.48. The van der Waals surface area contributed by atoms with Crippen molar-refractivity contribution in [2.24, 2.45) is 0 Å². The maximum absolute atomic E-state index is 12.5. The number of benzene rings is 2. The SMILES string of the molecule is Cc1ccc(C(=O)C[C@]2(O)C(=O)Nc3c(C)cc(Cl)cc32)cc1. The van der Waals surface area contributed by atoms with E-state index in [0.717, 1.165) is 11.1 Å². The van der Waals surface area contributed by atoms with Crippen LogP contribution in [-0.2, 0) is 10.4 Å². The summed E-state index contributed by atoms with van der Waals surface area (Å²) in [4.78, 5) is 24.8. The highest BCUT2D eigenvalue weighted by molar-refractivity contribution is 6.31. The summed E-state index contributed by atoms with van der Waals surface area (Å²) in [5.74, 6) is -0.897. The molecule has 0 spiro atoms. The van der Waals surface area contributed by atoms with Gasteiger partial charge in [0.15, 0.2) is 11.4 Å². The van der Waals surface area contributed by atoms with E-state index in [9.17, 15) is 14.7 Å². The lowest BCUT2D eigenvalue weighted by molar-refractivity contribution is -0.133. The molecule has 0 bridgehead atoms. The maximum atomic E-state index is 12.5. The molecule has 0 saturated carbocycles. The van der Waals surface area contributed by atoms with Crippen molar-refractivity contribution in [3.8, 4) is 0 Å². The molecule has 2 N–H and O–H groups in total. The zero-order valence-corrected chi connectivity index (χ0v) is 13.6. The van der Waals surface area contributed by atoms with Crippen molar-refractivity contribution in [1.82, 2.24) is 0 Å². The predicted molar refractivity (Wildman–Crippen MR) is 88.8 cm³/mol. The van der Waals surface area contributed by atoms with Crippen molar-refractivity contribution < 1.29 is 14.7 Å². The van der Waals surface area contributed by atoms with Gasteiger partial charge in [-0.3, -0.25) is 9.59 Å². The van der Waals surface area contributed by atoms with E-state index in [1.807, 2.05) is 19.1 Å². The van der Waals surface area contributed by atoms with E-state index in [1.165, 1.54) is 6.07 Å². The number of amides is 1. The Morgan fingerprint density at radius 1 is 1.22 bits per heavy atom. The van der Waals surface area contributed by atoms with Crippen LogP contribution in [0.5, 0.6) is 0 Å². The fourth-order valence-electron chi connectivity index (χ4n) is 2.82. The third-order valence-corrected chi connectivity index (χ3v) is 4.37. The summed E-state index contributed by atoms with van der Waals surface area (Å²) in [5, 5.41) is 13.9. The number of hydrogen-bond acceptors (Lipinski definition) is 3. The molecule has 23 heavy (non-hydrogen) atoms. The quantitative estimate of drug-likeness (QED) is 0.848. The van der Waals surface area contributed by atoms with Gasteiger partial charge in [0.05, 0.1) is 12.1 Å². The fourth-order valence-corrected chi connectivity index (χ4v) is 3.10. The molecule has 2 aromatic carbocycles. The number of nitrogens with one attached hydrogen (secondary N) is 1. The summed E-state index contributed by atoms with van der Waals surface area (Å²) in [6.07, 6.45) is -0.325. The molecule has 1 atom stereocenters. The number of aryl methyl sites for hydroxylation is 2. The highest BCUT2D eigenvalue weighted by atomic mass is 35.5. The molecule has 1 heterocycles. The Hall–Kier alpha value is -2.17. The van der Waals surface area contributed by atoms with Gasteiger partial charge in [-0.05, 0) is 31.5 Å². The van der Waals surface area contributed by atoms with Crippen LogP contribution in [0.1, 0.15) is 33.5 Å². The highest BCUT2D eigenvalue weighted by Gasteiger charge is 2.47. The zero-order chi connectivity index (χ0) is 16.8. The molecule has 0 aromatic heterocycles. The molecule has 0 saturated heterocycles. The van der Waals surface area contributed by atoms with Crippen molar-refractivity contribution in [2.45, 2.75) is 25.9 Å². The van der Waals surface area contributed by atoms with Gasteiger partial charge in [0.25, 0.3) is 5.91 Å². The summed E-state index contributed by atoms with van der Waals surface area (Å²) < 4.78 is 0. The Bertz CT molecular complexity index is 814. The van der Waals surface area contributed by atoms with E-state index in [-0.39, 0.29) is 12.2 Å². The van der Waals surface area contributed by atoms with Gasteiger partial charge in [-0.2, -0.15) is 0 Å². The monoisotopic (exact) mass is 329 g/mol. The van der Waals surface area contributed by atoms with E-state index in [4.69, 9.17) is 11.6 Å². The van der Waals surface area contributed by atoms with E-state index < -0.39 is 11.5 Å². The van der Waals surface area contributed by atoms with Crippen LogP contribution in [0, 0.1) is 13.8 Å². The predicted octanol–water partition coefficient (Wildman–Crippen LogP) is 3.37. The van der Waals surface area contributed by atoms with E-state index in [2.05, 4.69) is 5.32 Å². The van der Waals surface area contributed by atoms with Gasteiger partial charge < -0.3 is 10.4 Å².